The number of anilines is 1. The number of aryl methyl sites for hydroxylation is 1. The highest BCUT2D eigenvalue weighted by Gasteiger charge is 2.52. The van der Waals surface area contributed by atoms with Crippen molar-refractivity contribution in [1.29, 1.82) is 0 Å². The maximum atomic E-state index is 12.8. The second kappa shape index (κ2) is 6.50. The van der Waals surface area contributed by atoms with Gasteiger partial charge in [0, 0.05) is 37.0 Å². The highest BCUT2D eigenvalue weighted by atomic mass is 35.5. The molecule has 1 saturated carbocycles. The van der Waals surface area contributed by atoms with Gasteiger partial charge in [-0.05, 0) is 37.1 Å². The number of imidazole rings is 1. The molecule has 1 amide bonds. The van der Waals surface area contributed by atoms with Crippen LogP contribution in [0.3, 0.4) is 0 Å². The van der Waals surface area contributed by atoms with Gasteiger partial charge in [0.25, 0.3) is 0 Å². The van der Waals surface area contributed by atoms with Crippen LogP contribution in [0.5, 0.6) is 0 Å². The fourth-order valence-corrected chi connectivity index (χ4v) is 4.78. The lowest BCUT2D eigenvalue weighted by Crippen LogP contribution is -2.25. The Hall–Kier alpha value is -2.04. The Morgan fingerprint density at radius 1 is 1.14 bits per heavy atom. The molecule has 0 N–H and O–H groups in total. The summed E-state index contributed by atoms with van der Waals surface area (Å²) in [5.74, 6) is 1.38. The zero-order valence-electron chi connectivity index (χ0n) is 15.6. The number of alkyl halides is 2. The molecular weight excluding hydrogens is 393 g/mol. The number of fused-ring (bicyclic) bond motifs is 1. The predicted octanol–water partition coefficient (Wildman–Crippen LogP) is 5.06. The van der Waals surface area contributed by atoms with Crippen LogP contribution in [0.4, 0.5) is 5.69 Å². The average Bonchev–Trinajstić information content (AvgIpc) is 2.99. The molecular formula is C22H21Cl2N3O. The summed E-state index contributed by atoms with van der Waals surface area (Å²) in [6, 6.07) is 16.1. The molecule has 1 aliphatic heterocycles. The van der Waals surface area contributed by atoms with Crippen molar-refractivity contribution >= 4 is 45.8 Å². The molecule has 2 heterocycles. The number of rotatable bonds is 4. The molecule has 2 aromatic carbocycles. The highest BCUT2D eigenvalue weighted by molar-refractivity contribution is 6.50. The third-order valence-corrected chi connectivity index (χ3v) is 6.86. The molecule has 28 heavy (non-hydrogen) atoms. The molecule has 0 bridgehead atoms. The summed E-state index contributed by atoms with van der Waals surface area (Å²) in [4.78, 5) is 19.6. The topological polar surface area (TPSA) is 38.1 Å². The quantitative estimate of drug-likeness (QED) is 0.560. The van der Waals surface area contributed by atoms with Crippen LogP contribution in [0.1, 0.15) is 30.1 Å². The number of amides is 1. The number of carbonyl (C=O) groups excluding carboxylic acids is 1. The molecule has 2 aliphatic rings. The van der Waals surface area contributed by atoms with Crippen molar-refractivity contribution < 1.29 is 4.79 Å². The van der Waals surface area contributed by atoms with Crippen LogP contribution in [-0.2, 0) is 11.3 Å². The van der Waals surface area contributed by atoms with E-state index in [9.17, 15) is 4.79 Å². The summed E-state index contributed by atoms with van der Waals surface area (Å²) in [6.45, 7) is 3.42. The standard InChI is InChI=1S/C22H21Cl2N3O/c1-14-6-2-4-8-18(14)26-12-15(10-20(26)28)21-25-17-7-3-5-9-19(17)27(21)13-16-11-22(16,23)24/h2-9,15-16H,10-13H2,1H3/t15-,16+/m0/s1. The van der Waals surface area contributed by atoms with Gasteiger partial charge in [0.05, 0.1) is 11.0 Å². The first-order valence-corrected chi connectivity index (χ1v) is 10.4. The number of carbonyl (C=O) groups is 1. The Labute approximate surface area is 174 Å². The summed E-state index contributed by atoms with van der Waals surface area (Å²) in [5, 5.41) is 0. The first kappa shape index (κ1) is 18.0. The van der Waals surface area contributed by atoms with E-state index in [0.29, 0.717) is 13.0 Å². The van der Waals surface area contributed by atoms with Gasteiger partial charge in [-0.1, -0.05) is 30.3 Å². The third kappa shape index (κ3) is 2.99. The average molecular weight is 414 g/mol. The molecule has 3 aromatic rings. The molecule has 1 aromatic heterocycles. The lowest BCUT2D eigenvalue weighted by atomic mass is 10.1. The van der Waals surface area contributed by atoms with E-state index in [1.54, 1.807) is 0 Å². The Kier molecular flexibility index (Phi) is 4.18. The molecule has 0 spiro atoms. The molecule has 0 radical (unpaired) electrons. The Morgan fingerprint density at radius 3 is 2.61 bits per heavy atom. The van der Waals surface area contributed by atoms with E-state index in [1.165, 1.54) is 0 Å². The fourth-order valence-electron chi connectivity index (χ4n) is 4.27. The van der Waals surface area contributed by atoms with E-state index in [2.05, 4.69) is 10.6 Å². The van der Waals surface area contributed by atoms with Gasteiger partial charge < -0.3 is 9.47 Å². The van der Waals surface area contributed by atoms with E-state index >= 15 is 0 Å². The van der Waals surface area contributed by atoms with Crippen molar-refractivity contribution in [2.24, 2.45) is 5.92 Å². The van der Waals surface area contributed by atoms with Crippen LogP contribution in [-0.4, -0.2) is 26.3 Å². The number of halogens is 2. The van der Waals surface area contributed by atoms with Crippen molar-refractivity contribution in [3.8, 4) is 0 Å². The molecule has 5 rings (SSSR count). The van der Waals surface area contributed by atoms with Crippen LogP contribution < -0.4 is 4.90 Å². The van der Waals surface area contributed by atoms with Gasteiger partial charge >= 0.3 is 0 Å². The minimum absolute atomic E-state index is 0.0540. The number of para-hydroxylation sites is 3. The second-order valence-electron chi connectivity index (χ2n) is 7.92. The molecule has 4 nitrogen and oxygen atoms in total. The first-order chi connectivity index (χ1) is 13.4. The minimum atomic E-state index is -0.638. The van der Waals surface area contributed by atoms with Crippen LogP contribution in [0.25, 0.3) is 11.0 Å². The normalized spacial score (nSPS) is 23.5. The fraction of sp³-hybridized carbons (Fsp3) is 0.364. The van der Waals surface area contributed by atoms with Crippen molar-refractivity contribution in [3.63, 3.8) is 0 Å². The van der Waals surface area contributed by atoms with Gasteiger partial charge in [-0.2, -0.15) is 0 Å². The Balaban J connectivity index is 1.51. The van der Waals surface area contributed by atoms with E-state index in [0.717, 1.165) is 41.1 Å². The Bertz CT molecular complexity index is 1070. The first-order valence-electron chi connectivity index (χ1n) is 9.63. The van der Waals surface area contributed by atoms with E-state index in [-0.39, 0.29) is 17.7 Å². The van der Waals surface area contributed by atoms with E-state index in [1.807, 2.05) is 54.3 Å². The highest BCUT2D eigenvalue weighted by Crippen LogP contribution is 2.54. The molecule has 144 valence electrons. The van der Waals surface area contributed by atoms with Crippen molar-refractivity contribution in [2.75, 3.05) is 11.4 Å². The zero-order chi connectivity index (χ0) is 19.5. The van der Waals surface area contributed by atoms with Gasteiger partial charge in [-0.15, -0.1) is 23.2 Å². The molecule has 1 saturated heterocycles. The molecule has 0 unspecified atom stereocenters. The number of nitrogens with zero attached hydrogens (tertiary/aromatic N) is 3. The summed E-state index contributed by atoms with van der Waals surface area (Å²) in [6.07, 6.45) is 1.26. The van der Waals surface area contributed by atoms with Gasteiger partial charge in [0.15, 0.2) is 0 Å². The monoisotopic (exact) mass is 413 g/mol. The Morgan fingerprint density at radius 2 is 1.86 bits per heavy atom. The summed E-state index contributed by atoms with van der Waals surface area (Å²) < 4.78 is 1.59. The lowest BCUT2D eigenvalue weighted by molar-refractivity contribution is -0.117. The van der Waals surface area contributed by atoms with Crippen LogP contribution in [0.15, 0.2) is 48.5 Å². The van der Waals surface area contributed by atoms with Crippen molar-refractivity contribution in [1.82, 2.24) is 9.55 Å². The summed E-state index contributed by atoms with van der Waals surface area (Å²) in [7, 11) is 0. The van der Waals surface area contributed by atoms with Crippen molar-refractivity contribution in [2.45, 2.75) is 36.6 Å². The molecule has 1 aliphatic carbocycles. The minimum Gasteiger partial charge on any atom is -0.327 e. The molecule has 2 atom stereocenters. The smallest absolute Gasteiger partial charge is 0.227 e. The SMILES string of the molecule is Cc1ccccc1N1C[C@@H](c2nc3ccccc3n2C[C@H]2CC2(Cl)Cl)CC1=O. The summed E-state index contributed by atoms with van der Waals surface area (Å²) in [5.41, 5.74) is 4.13. The second-order valence-corrected chi connectivity index (χ2v) is 9.47. The van der Waals surface area contributed by atoms with Crippen LogP contribution in [0.2, 0.25) is 0 Å². The van der Waals surface area contributed by atoms with Gasteiger partial charge in [0.1, 0.15) is 10.2 Å². The van der Waals surface area contributed by atoms with Gasteiger partial charge in [-0.3, -0.25) is 4.79 Å². The lowest BCUT2D eigenvalue weighted by Gasteiger charge is -2.19. The maximum absolute atomic E-state index is 12.8. The number of hydrogen-bond donors (Lipinski definition) is 0. The third-order valence-electron chi connectivity index (χ3n) is 5.94. The maximum Gasteiger partial charge on any atom is 0.227 e. The van der Waals surface area contributed by atoms with E-state index in [4.69, 9.17) is 28.2 Å². The van der Waals surface area contributed by atoms with E-state index < -0.39 is 4.33 Å². The molecule has 2 fully saturated rings. The zero-order valence-corrected chi connectivity index (χ0v) is 17.1. The van der Waals surface area contributed by atoms with Crippen LogP contribution in [0, 0.1) is 12.8 Å². The molecule has 6 heteroatoms. The number of benzene rings is 2. The number of hydrogen-bond acceptors (Lipinski definition) is 2. The number of aromatic nitrogens is 2. The predicted molar refractivity (Wildman–Crippen MR) is 113 cm³/mol. The van der Waals surface area contributed by atoms with Gasteiger partial charge in [0.2, 0.25) is 5.91 Å². The van der Waals surface area contributed by atoms with Crippen molar-refractivity contribution in [3.05, 3.63) is 59.9 Å². The summed E-state index contributed by atoms with van der Waals surface area (Å²) >= 11 is 12.6. The van der Waals surface area contributed by atoms with Crippen LogP contribution >= 0.6 is 23.2 Å². The largest absolute Gasteiger partial charge is 0.327 e. The van der Waals surface area contributed by atoms with Gasteiger partial charge in [-0.25, -0.2) is 4.98 Å².